The molecule has 0 spiro atoms. The fourth-order valence-electron chi connectivity index (χ4n) is 3.55. The van der Waals surface area contributed by atoms with Gasteiger partial charge >= 0.3 is 6.03 Å². The van der Waals surface area contributed by atoms with Crippen LogP contribution in [0.5, 0.6) is 23.1 Å². The summed E-state index contributed by atoms with van der Waals surface area (Å²) in [6.07, 6.45) is 1.42. The number of urea groups is 1. The van der Waals surface area contributed by atoms with Crippen LogP contribution in [0.1, 0.15) is 26.3 Å². The Kier molecular flexibility index (Phi) is 6.73. The molecule has 0 unspecified atom stereocenters. The van der Waals surface area contributed by atoms with E-state index in [9.17, 15) is 4.79 Å². The number of anilines is 2. The maximum absolute atomic E-state index is 12.6. The number of carbonyl (C=O) groups is 1. The quantitative estimate of drug-likeness (QED) is 0.338. The van der Waals surface area contributed by atoms with Gasteiger partial charge in [0.05, 0.1) is 25.1 Å². The number of hydrogen-bond donors (Lipinski definition) is 2. The smallest absolute Gasteiger partial charge is 0.323 e. The zero-order valence-corrected chi connectivity index (χ0v) is 20.4. The van der Waals surface area contributed by atoms with E-state index in [1.807, 2.05) is 24.3 Å². The number of aromatic nitrogens is 2. The molecule has 0 aliphatic carbocycles. The molecule has 1 heterocycles. The van der Waals surface area contributed by atoms with E-state index in [2.05, 4.69) is 41.4 Å². The Bertz CT molecular complexity index is 1370. The van der Waals surface area contributed by atoms with Crippen LogP contribution < -0.4 is 24.8 Å². The molecule has 0 saturated carbocycles. The molecule has 8 heteroatoms. The predicted octanol–water partition coefficient (Wildman–Crippen LogP) is 6.38. The number of amides is 2. The Hall–Kier alpha value is -4.33. The van der Waals surface area contributed by atoms with Gasteiger partial charge in [-0.3, -0.25) is 0 Å². The third-order valence-electron chi connectivity index (χ3n) is 5.40. The number of carbonyl (C=O) groups excluding carboxylic acids is 1. The van der Waals surface area contributed by atoms with Gasteiger partial charge in [0, 0.05) is 23.5 Å². The second-order valence-electron chi connectivity index (χ2n) is 8.94. The van der Waals surface area contributed by atoms with Gasteiger partial charge in [-0.2, -0.15) is 0 Å². The zero-order valence-electron chi connectivity index (χ0n) is 20.4. The molecule has 0 fully saturated rings. The molecule has 3 aromatic carbocycles. The van der Waals surface area contributed by atoms with Crippen LogP contribution in [0.3, 0.4) is 0 Å². The molecule has 2 N–H and O–H groups in total. The number of fused-ring (bicyclic) bond motifs is 1. The van der Waals surface area contributed by atoms with Gasteiger partial charge in [-0.25, -0.2) is 14.8 Å². The summed E-state index contributed by atoms with van der Waals surface area (Å²) in [5, 5.41) is 6.40. The molecular weight excluding hydrogens is 444 g/mol. The minimum atomic E-state index is -0.350. The highest BCUT2D eigenvalue weighted by atomic mass is 16.5. The molecule has 1 aromatic heterocycles. The van der Waals surface area contributed by atoms with E-state index in [1.165, 1.54) is 6.33 Å². The first-order valence-electron chi connectivity index (χ1n) is 11.1. The van der Waals surface area contributed by atoms with Crippen LogP contribution in [-0.4, -0.2) is 30.2 Å². The van der Waals surface area contributed by atoms with E-state index < -0.39 is 0 Å². The summed E-state index contributed by atoms with van der Waals surface area (Å²) in [5.41, 5.74) is 3.07. The van der Waals surface area contributed by atoms with Crippen molar-refractivity contribution in [3.05, 3.63) is 72.6 Å². The van der Waals surface area contributed by atoms with Gasteiger partial charge in [0.1, 0.15) is 12.1 Å². The summed E-state index contributed by atoms with van der Waals surface area (Å²) in [6.45, 7) is 6.39. The van der Waals surface area contributed by atoms with E-state index in [1.54, 1.807) is 50.6 Å². The molecule has 35 heavy (non-hydrogen) atoms. The third-order valence-corrected chi connectivity index (χ3v) is 5.40. The van der Waals surface area contributed by atoms with Gasteiger partial charge in [0.25, 0.3) is 0 Å². The Morgan fingerprint density at radius 1 is 0.829 bits per heavy atom. The molecule has 0 aliphatic rings. The molecule has 0 radical (unpaired) electrons. The van der Waals surface area contributed by atoms with Gasteiger partial charge in [0.15, 0.2) is 11.5 Å². The van der Waals surface area contributed by atoms with E-state index in [0.29, 0.717) is 39.7 Å². The average molecular weight is 473 g/mol. The van der Waals surface area contributed by atoms with Gasteiger partial charge in [-0.15, -0.1) is 0 Å². The Balaban J connectivity index is 1.51. The summed E-state index contributed by atoms with van der Waals surface area (Å²) in [7, 11) is 3.13. The van der Waals surface area contributed by atoms with Crippen molar-refractivity contribution in [2.45, 2.75) is 26.2 Å². The largest absolute Gasteiger partial charge is 0.493 e. The Morgan fingerprint density at radius 3 is 2.17 bits per heavy atom. The molecule has 0 atom stereocenters. The maximum atomic E-state index is 12.6. The van der Waals surface area contributed by atoms with Crippen molar-refractivity contribution in [2.24, 2.45) is 0 Å². The van der Waals surface area contributed by atoms with Crippen LogP contribution in [0, 0.1) is 0 Å². The van der Waals surface area contributed by atoms with Crippen molar-refractivity contribution >= 4 is 28.3 Å². The summed E-state index contributed by atoms with van der Waals surface area (Å²) < 4.78 is 16.8. The lowest BCUT2D eigenvalue weighted by atomic mass is 9.87. The average Bonchev–Trinajstić information content (AvgIpc) is 2.83. The number of methoxy groups -OCH3 is 2. The van der Waals surface area contributed by atoms with Crippen LogP contribution >= 0.6 is 0 Å². The molecule has 2 amide bonds. The fourth-order valence-corrected chi connectivity index (χ4v) is 3.55. The summed E-state index contributed by atoms with van der Waals surface area (Å²) in [4.78, 5) is 21.2. The lowest BCUT2D eigenvalue weighted by Crippen LogP contribution is -2.20. The van der Waals surface area contributed by atoms with Crippen molar-refractivity contribution in [3.8, 4) is 23.1 Å². The van der Waals surface area contributed by atoms with E-state index >= 15 is 0 Å². The van der Waals surface area contributed by atoms with E-state index in [4.69, 9.17) is 14.2 Å². The zero-order chi connectivity index (χ0) is 25.0. The van der Waals surface area contributed by atoms with Crippen molar-refractivity contribution in [2.75, 3.05) is 24.9 Å². The lowest BCUT2D eigenvalue weighted by Gasteiger charge is -2.20. The van der Waals surface area contributed by atoms with Crippen LogP contribution in [-0.2, 0) is 5.41 Å². The number of ether oxygens (including phenoxy) is 3. The number of hydrogen-bond acceptors (Lipinski definition) is 6. The summed E-state index contributed by atoms with van der Waals surface area (Å²) in [5.74, 6) is 1.97. The second-order valence-corrected chi connectivity index (χ2v) is 8.94. The first-order chi connectivity index (χ1) is 16.8. The van der Waals surface area contributed by atoms with Crippen LogP contribution in [0.2, 0.25) is 0 Å². The molecule has 8 nitrogen and oxygen atoms in total. The summed E-state index contributed by atoms with van der Waals surface area (Å²) in [6, 6.07) is 18.1. The Labute approximate surface area is 204 Å². The Morgan fingerprint density at radius 2 is 1.49 bits per heavy atom. The second kappa shape index (κ2) is 9.89. The SMILES string of the molecule is COc1cc2ncnc(Oc3cccc(NC(=O)Nc4cccc(C(C)(C)C)c4)c3)c2cc1OC. The molecular formula is C27H28N4O4. The van der Waals surface area contributed by atoms with Gasteiger partial charge < -0.3 is 24.8 Å². The third kappa shape index (κ3) is 5.60. The fraction of sp³-hybridized carbons (Fsp3) is 0.222. The number of nitrogens with one attached hydrogen (secondary N) is 2. The monoisotopic (exact) mass is 472 g/mol. The number of rotatable bonds is 6. The maximum Gasteiger partial charge on any atom is 0.323 e. The van der Waals surface area contributed by atoms with Gasteiger partial charge in [0.2, 0.25) is 5.88 Å². The number of benzene rings is 3. The predicted molar refractivity (Wildman–Crippen MR) is 137 cm³/mol. The first-order valence-corrected chi connectivity index (χ1v) is 11.1. The summed E-state index contributed by atoms with van der Waals surface area (Å²) >= 11 is 0. The molecule has 0 bridgehead atoms. The van der Waals surface area contributed by atoms with Crippen molar-refractivity contribution in [1.29, 1.82) is 0 Å². The molecule has 4 rings (SSSR count). The van der Waals surface area contributed by atoms with Gasteiger partial charge in [-0.05, 0) is 41.3 Å². The van der Waals surface area contributed by atoms with Crippen LogP contribution in [0.15, 0.2) is 67.0 Å². The topological polar surface area (TPSA) is 94.6 Å². The first kappa shape index (κ1) is 23.8. The van der Waals surface area contributed by atoms with E-state index in [0.717, 1.165) is 11.3 Å². The van der Waals surface area contributed by atoms with Crippen LogP contribution in [0.25, 0.3) is 10.9 Å². The normalized spacial score (nSPS) is 11.1. The highest BCUT2D eigenvalue weighted by molar-refractivity contribution is 6.00. The molecule has 0 aliphatic heterocycles. The molecule has 180 valence electrons. The minimum absolute atomic E-state index is 0.0137. The standard InChI is InChI=1S/C27H28N4O4/c1-27(2,3)17-8-6-9-18(12-17)30-26(32)31-19-10-7-11-20(13-19)35-25-21-14-23(33-4)24(34-5)15-22(21)28-16-29-25/h6-16H,1-5H3,(H2,30,31,32). The highest BCUT2D eigenvalue weighted by Crippen LogP contribution is 2.36. The van der Waals surface area contributed by atoms with Crippen molar-refractivity contribution in [1.82, 2.24) is 9.97 Å². The van der Waals surface area contributed by atoms with Gasteiger partial charge in [-0.1, -0.05) is 39.0 Å². The highest BCUT2D eigenvalue weighted by Gasteiger charge is 2.15. The molecule has 0 saturated heterocycles. The van der Waals surface area contributed by atoms with E-state index in [-0.39, 0.29) is 11.4 Å². The lowest BCUT2D eigenvalue weighted by molar-refractivity contribution is 0.262. The van der Waals surface area contributed by atoms with Crippen molar-refractivity contribution in [3.63, 3.8) is 0 Å². The van der Waals surface area contributed by atoms with Crippen LogP contribution in [0.4, 0.5) is 16.2 Å². The van der Waals surface area contributed by atoms with Crippen molar-refractivity contribution < 1.29 is 19.0 Å². The molecule has 4 aromatic rings. The number of nitrogens with zero attached hydrogens (tertiary/aromatic N) is 2. The minimum Gasteiger partial charge on any atom is -0.493 e.